The van der Waals surface area contributed by atoms with E-state index in [0.29, 0.717) is 10.9 Å². The molecule has 1 amide bonds. The van der Waals surface area contributed by atoms with Crippen LogP contribution in [0.4, 0.5) is 10.9 Å². The fourth-order valence-corrected chi connectivity index (χ4v) is 4.61. The lowest BCUT2D eigenvalue weighted by atomic mass is 9.96. The smallest absolute Gasteiger partial charge is 0.229 e. The topological polar surface area (TPSA) is 115 Å². The fourth-order valence-electron chi connectivity index (χ4n) is 2.96. The van der Waals surface area contributed by atoms with E-state index in [4.69, 9.17) is 0 Å². The summed E-state index contributed by atoms with van der Waals surface area (Å²) in [5, 5.41) is 24.1. The second-order valence-electron chi connectivity index (χ2n) is 6.15. The lowest BCUT2D eigenvalue weighted by molar-refractivity contribution is -0.120. The molecule has 0 unspecified atom stereocenters. The van der Waals surface area contributed by atoms with Gasteiger partial charge in [0.25, 0.3) is 0 Å². The molecule has 3 aromatic rings. The van der Waals surface area contributed by atoms with Crippen LogP contribution >= 0.6 is 23.1 Å². The van der Waals surface area contributed by atoms with Gasteiger partial charge in [0.15, 0.2) is 16.0 Å². The van der Waals surface area contributed by atoms with Crippen molar-refractivity contribution in [2.24, 2.45) is 5.92 Å². The molecule has 146 valence electrons. The van der Waals surface area contributed by atoms with Gasteiger partial charge in [0.05, 0.1) is 0 Å². The number of thioether (sulfide) groups is 1. The molecule has 0 atom stereocenters. The Bertz CT molecular complexity index is 905. The van der Waals surface area contributed by atoms with Crippen molar-refractivity contribution in [2.45, 2.75) is 24.1 Å². The van der Waals surface area contributed by atoms with Crippen molar-refractivity contribution in [3.8, 4) is 5.82 Å². The van der Waals surface area contributed by atoms with Crippen LogP contribution < -0.4 is 10.2 Å². The Balaban J connectivity index is 1.30. The van der Waals surface area contributed by atoms with Gasteiger partial charge >= 0.3 is 0 Å². The first-order valence-corrected chi connectivity index (χ1v) is 10.7. The van der Waals surface area contributed by atoms with Gasteiger partial charge in [-0.2, -0.15) is 5.10 Å². The molecule has 0 aromatic carbocycles. The molecule has 0 bridgehead atoms. The Kier molecular flexibility index (Phi) is 5.76. The summed E-state index contributed by atoms with van der Waals surface area (Å²) in [6.07, 6.45) is 4.55. The second kappa shape index (κ2) is 8.61. The Morgan fingerprint density at radius 3 is 2.68 bits per heavy atom. The summed E-state index contributed by atoms with van der Waals surface area (Å²) in [7, 11) is 0. The quantitative estimate of drug-likeness (QED) is 0.474. The van der Waals surface area contributed by atoms with Crippen LogP contribution in [0.15, 0.2) is 29.1 Å². The van der Waals surface area contributed by atoms with Gasteiger partial charge in [-0.25, -0.2) is 9.67 Å². The summed E-state index contributed by atoms with van der Waals surface area (Å²) in [5.74, 6) is 2.33. The number of hydrogen-bond donors (Lipinski definition) is 1. The average molecular weight is 418 g/mol. The zero-order chi connectivity index (χ0) is 19.3. The third kappa shape index (κ3) is 4.28. The number of nitrogens with one attached hydrogen (secondary N) is 1. The summed E-state index contributed by atoms with van der Waals surface area (Å²) in [6, 6.07) is 3.77. The van der Waals surface area contributed by atoms with Crippen molar-refractivity contribution in [1.29, 1.82) is 0 Å². The van der Waals surface area contributed by atoms with Crippen molar-refractivity contribution in [3.05, 3.63) is 24.8 Å². The fraction of sp³-hybridized carbons (Fsp3) is 0.438. The van der Waals surface area contributed by atoms with Gasteiger partial charge in [-0.3, -0.25) is 4.79 Å². The molecule has 0 radical (unpaired) electrons. The van der Waals surface area contributed by atoms with E-state index in [1.165, 1.54) is 17.7 Å². The molecule has 4 rings (SSSR count). The van der Waals surface area contributed by atoms with Gasteiger partial charge in [0.1, 0.15) is 12.7 Å². The average Bonchev–Trinajstić information content (AvgIpc) is 3.41. The van der Waals surface area contributed by atoms with E-state index in [2.05, 4.69) is 47.6 Å². The minimum atomic E-state index is -0.0372. The van der Waals surface area contributed by atoms with Crippen LogP contribution in [0.5, 0.6) is 0 Å². The Morgan fingerprint density at radius 1 is 1.21 bits per heavy atom. The number of anilines is 2. The summed E-state index contributed by atoms with van der Waals surface area (Å²) < 4.78 is 2.44. The highest BCUT2D eigenvalue weighted by atomic mass is 32.2. The first-order valence-electron chi connectivity index (χ1n) is 8.94. The minimum absolute atomic E-state index is 0.0106. The van der Waals surface area contributed by atoms with Gasteiger partial charge < -0.3 is 10.2 Å². The van der Waals surface area contributed by atoms with E-state index in [-0.39, 0.29) is 11.8 Å². The summed E-state index contributed by atoms with van der Waals surface area (Å²) >= 11 is 3.04. The van der Waals surface area contributed by atoms with Crippen LogP contribution in [-0.2, 0) is 4.79 Å². The SMILES string of the molecule is CCSc1nnc(NC(=O)C2CCN(c3ccc(-n4cncn4)nn3)CC2)s1. The van der Waals surface area contributed by atoms with Crippen LogP contribution in [0.2, 0.25) is 0 Å². The minimum Gasteiger partial charge on any atom is -0.355 e. The third-order valence-corrected chi connectivity index (χ3v) is 6.24. The van der Waals surface area contributed by atoms with Gasteiger partial charge in [-0.05, 0) is 30.7 Å². The van der Waals surface area contributed by atoms with Crippen molar-refractivity contribution < 1.29 is 4.79 Å². The van der Waals surface area contributed by atoms with E-state index in [1.54, 1.807) is 22.8 Å². The molecule has 4 heterocycles. The van der Waals surface area contributed by atoms with Crippen LogP contribution in [0.1, 0.15) is 19.8 Å². The lowest BCUT2D eigenvalue weighted by Crippen LogP contribution is -2.38. The summed E-state index contributed by atoms with van der Waals surface area (Å²) in [5.41, 5.74) is 0. The normalized spacial score (nSPS) is 15.0. The number of carbonyl (C=O) groups excluding carboxylic acids is 1. The van der Waals surface area contributed by atoms with Crippen molar-refractivity contribution >= 4 is 40.0 Å². The zero-order valence-electron chi connectivity index (χ0n) is 15.2. The highest BCUT2D eigenvalue weighted by molar-refractivity contribution is 8.01. The largest absolute Gasteiger partial charge is 0.355 e. The zero-order valence-corrected chi connectivity index (χ0v) is 16.9. The van der Waals surface area contributed by atoms with Gasteiger partial charge in [0, 0.05) is 19.0 Å². The van der Waals surface area contributed by atoms with E-state index in [1.807, 2.05) is 12.1 Å². The number of aromatic nitrogens is 7. The van der Waals surface area contributed by atoms with Crippen molar-refractivity contribution in [3.63, 3.8) is 0 Å². The molecule has 0 spiro atoms. The summed E-state index contributed by atoms with van der Waals surface area (Å²) in [4.78, 5) is 18.6. The number of piperidine rings is 1. The predicted octanol–water partition coefficient (Wildman–Crippen LogP) is 1.88. The molecule has 0 saturated carbocycles. The number of amides is 1. The van der Waals surface area contributed by atoms with Crippen LogP contribution in [0.25, 0.3) is 5.82 Å². The Morgan fingerprint density at radius 2 is 2.00 bits per heavy atom. The van der Waals surface area contributed by atoms with Crippen molar-refractivity contribution in [1.82, 2.24) is 35.2 Å². The molecule has 0 aliphatic carbocycles. The molecular weight excluding hydrogens is 398 g/mol. The number of carbonyl (C=O) groups is 1. The monoisotopic (exact) mass is 417 g/mol. The molecule has 1 aliphatic heterocycles. The molecule has 10 nitrogen and oxygen atoms in total. The second-order valence-corrected chi connectivity index (χ2v) is 8.64. The lowest BCUT2D eigenvalue weighted by Gasteiger charge is -2.31. The first kappa shape index (κ1) is 18.7. The molecule has 3 aromatic heterocycles. The predicted molar refractivity (Wildman–Crippen MR) is 107 cm³/mol. The maximum atomic E-state index is 12.5. The number of rotatable bonds is 6. The van der Waals surface area contributed by atoms with Gasteiger partial charge in [0.2, 0.25) is 11.0 Å². The maximum absolute atomic E-state index is 12.5. The van der Waals surface area contributed by atoms with Crippen LogP contribution in [0, 0.1) is 5.92 Å². The van der Waals surface area contributed by atoms with Crippen LogP contribution in [0.3, 0.4) is 0 Å². The first-order chi connectivity index (χ1) is 13.7. The number of nitrogens with zero attached hydrogens (tertiary/aromatic N) is 8. The molecule has 1 N–H and O–H groups in total. The molecule has 28 heavy (non-hydrogen) atoms. The number of hydrogen-bond acceptors (Lipinski definition) is 10. The molecule has 1 fully saturated rings. The molecule has 1 saturated heterocycles. The summed E-state index contributed by atoms with van der Waals surface area (Å²) in [6.45, 7) is 3.57. The Hall–Kier alpha value is -2.60. The van der Waals surface area contributed by atoms with Crippen LogP contribution in [-0.4, -0.2) is 59.9 Å². The Labute approximate surface area is 169 Å². The molecular formula is C16H19N9OS2. The van der Waals surface area contributed by atoms with E-state index >= 15 is 0 Å². The highest BCUT2D eigenvalue weighted by Crippen LogP contribution is 2.27. The van der Waals surface area contributed by atoms with Crippen molar-refractivity contribution in [2.75, 3.05) is 29.1 Å². The highest BCUT2D eigenvalue weighted by Gasteiger charge is 2.26. The van der Waals surface area contributed by atoms with Gasteiger partial charge in [-0.15, -0.1) is 20.4 Å². The molecule has 1 aliphatic rings. The standard InChI is InChI=1S/C16H19N9OS2/c1-2-27-16-23-22-15(28-16)19-14(26)11-5-7-24(8-6-11)12-3-4-13(21-20-12)25-10-17-9-18-25/h3-4,9-11H,2,5-8H2,1H3,(H,19,22,26). The van der Waals surface area contributed by atoms with E-state index in [9.17, 15) is 4.79 Å². The molecule has 12 heteroatoms. The van der Waals surface area contributed by atoms with E-state index in [0.717, 1.165) is 41.8 Å². The maximum Gasteiger partial charge on any atom is 0.229 e. The van der Waals surface area contributed by atoms with Gasteiger partial charge in [-0.1, -0.05) is 30.0 Å². The van der Waals surface area contributed by atoms with E-state index < -0.39 is 0 Å². The third-order valence-electron chi connectivity index (χ3n) is 4.38.